The Labute approximate surface area is 111 Å². The summed E-state index contributed by atoms with van der Waals surface area (Å²) in [5.74, 6) is -5.92. The Morgan fingerprint density at radius 2 is 1.50 bits per heavy atom. The summed E-state index contributed by atoms with van der Waals surface area (Å²) in [7, 11) is 0. The van der Waals surface area contributed by atoms with Gasteiger partial charge in [0.15, 0.2) is 0 Å². The van der Waals surface area contributed by atoms with E-state index in [0.29, 0.717) is 12.1 Å². The molecule has 0 saturated carbocycles. The predicted octanol–water partition coefficient (Wildman–Crippen LogP) is 2.77. The molecule has 104 valence electrons. The quantitative estimate of drug-likeness (QED) is 0.742. The van der Waals surface area contributed by atoms with Crippen LogP contribution in [0.2, 0.25) is 0 Å². The fourth-order valence-electron chi connectivity index (χ4n) is 1.60. The second-order valence-corrected chi connectivity index (χ2v) is 3.87. The highest BCUT2D eigenvalue weighted by Gasteiger charge is 2.20. The number of phenols is 2. The van der Waals surface area contributed by atoms with Crippen LogP contribution in [0.25, 0.3) is 0 Å². The lowest BCUT2D eigenvalue weighted by Crippen LogP contribution is -2.16. The number of hydrogen-bond donors (Lipinski definition) is 3. The lowest BCUT2D eigenvalue weighted by molar-refractivity contribution is 0.101. The van der Waals surface area contributed by atoms with E-state index in [1.807, 2.05) is 5.32 Å². The summed E-state index contributed by atoms with van der Waals surface area (Å²) in [5.41, 5.74) is -1.42. The molecular formula is C13H8F3NO3. The van der Waals surface area contributed by atoms with Crippen LogP contribution in [0.4, 0.5) is 18.9 Å². The van der Waals surface area contributed by atoms with Gasteiger partial charge < -0.3 is 15.5 Å². The Balaban J connectivity index is 2.38. The van der Waals surface area contributed by atoms with Crippen molar-refractivity contribution < 1.29 is 28.2 Å². The van der Waals surface area contributed by atoms with Crippen LogP contribution >= 0.6 is 0 Å². The molecular weight excluding hydrogens is 275 g/mol. The zero-order valence-electron chi connectivity index (χ0n) is 9.82. The number of rotatable bonds is 2. The van der Waals surface area contributed by atoms with Crippen molar-refractivity contribution in [3.8, 4) is 11.5 Å². The van der Waals surface area contributed by atoms with E-state index in [-0.39, 0.29) is 0 Å². The van der Waals surface area contributed by atoms with Gasteiger partial charge in [0.2, 0.25) is 0 Å². The molecule has 0 spiro atoms. The Morgan fingerprint density at radius 3 is 2.00 bits per heavy atom. The normalized spacial score (nSPS) is 10.3. The van der Waals surface area contributed by atoms with Gasteiger partial charge in [-0.3, -0.25) is 4.79 Å². The van der Waals surface area contributed by atoms with Crippen LogP contribution in [0.5, 0.6) is 11.5 Å². The van der Waals surface area contributed by atoms with Crippen molar-refractivity contribution in [1.29, 1.82) is 0 Å². The van der Waals surface area contributed by atoms with Crippen LogP contribution in [0.15, 0.2) is 30.3 Å². The maximum Gasteiger partial charge on any atom is 0.261 e. The average molecular weight is 283 g/mol. The van der Waals surface area contributed by atoms with Gasteiger partial charge >= 0.3 is 0 Å². The average Bonchev–Trinajstić information content (AvgIpc) is 2.33. The molecule has 0 saturated heterocycles. The molecule has 2 aromatic rings. The van der Waals surface area contributed by atoms with Gasteiger partial charge in [-0.2, -0.15) is 0 Å². The molecule has 0 radical (unpaired) electrons. The minimum absolute atomic E-state index is 0.543. The molecule has 0 aliphatic carbocycles. The molecule has 0 aliphatic rings. The summed E-state index contributed by atoms with van der Waals surface area (Å²) in [4.78, 5) is 11.7. The molecule has 3 N–H and O–H groups in total. The summed E-state index contributed by atoms with van der Waals surface area (Å²) in [6.45, 7) is 0. The van der Waals surface area contributed by atoms with Crippen LogP contribution in [-0.4, -0.2) is 16.1 Å². The molecule has 1 amide bonds. The monoisotopic (exact) mass is 283 g/mol. The number of carbonyl (C=O) groups is 1. The van der Waals surface area contributed by atoms with E-state index in [1.165, 1.54) is 0 Å². The highest BCUT2D eigenvalue weighted by atomic mass is 19.1. The Hall–Kier alpha value is -2.70. The van der Waals surface area contributed by atoms with Gasteiger partial charge in [-0.1, -0.05) is 6.07 Å². The number of phenolic OH excluding ortho intramolecular Hbond substituents is 2. The number of hydrogen-bond acceptors (Lipinski definition) is 3. The van der Waals surface area contributed by atoms with Crippen molar-refractivity contribution in [2.45, 2.75) is 0 Å². The maximum atomic E-state index is 13.4. The highest BCUT2D eigenvalue weighted by Crippen LogP contribution is 2.34. The van der Waals surface area contributed by atoms with Gasteiger partial charge in [0.05, 0.1) is 0 Å². The molecule has 0 atom stereocenters. The first kappa shape index (κ1) is 13.7. The number of anilines is 1. The topological polar surface area (TPSA) is 69.6 Å². The van der Waals surface area contributed by atoms with Crippen molar-refractivity contribution in [2.75, 3.05) is 5.32 Å². The number of halogens is 3. The van der Waals surface area contributed by atoms with Gasteiger partial charge in [0.25, 0.3) is 5.91 Å². The lowest BCUT2D eigenvalue weighted by Gasteiger charge is -2.10. The molecule has 20 heavy (non-hydrogen) atoms. The van der Waals surface area contributed by atoms with Crippen LogP contribution in [0.1, 0.15) is 10.4 Å². The largest absolute Gasteiger partial charge is 0.506 e. The second-order valence-electron chi connectivity index (χ2n) is 3.87. The van der Waals surface area contributed by atoms with E-state index in [0.717, 1.165) is 18.2 Å². The van der Waals surface area contributed by atoms with Crippen molar-refractivity contribution in [3.63, 3.8) is 0 Å². The number of aromatic hydroxyl groups is 2. The molecule has 0 unspecified atom stereocenters. The molecule has 2 aromatic carbocycles. The first-order valence-electron chi connectivity index (χ1n) is 5.37. The Bertz CT molecular complexity index is 645. The minimum Gasteiger partial charge on any atom is -0.506 e. The fraction of sp³-hybridized carbons (Fsp3) is 0. The van der Waals surface area contributed by atoms with Gasteiger partial charge in [-0.25, -0.2) is 13.2 Å². The number of carbonyl (C=O) groups excluding carboxylic acids is 1. The molecule has 4 nitrogen and oxygen atoms in total. The summed E-state index contributed by atoms with van der Waals surface area (Å²) in [6, 6.07) is 4.10. The summed E-state index contributed by atoms with van der Waals surface area (Å²) < 4.78 is 39.6. The summed E-state index contributed by atoms with van der Waals surface area (Å²) >= 11 is 0. The summed E-state index contributed by atoms with van der Waals surface area (Å²) in [6.07, 6.45) is 0. The third kappa shape index (κ3) is 2.51. The predicted molar refractivity (Wildman–Crippen MR) is 64.0 cm³/mol. The SMILES string of the molecule is O=C(Nc1c(O)cc(F)cc1O)c1c(F)cccc1F. The third-order valence-corrected chi connectivity index (χ3v) is 2.49. The van der Waals surface area contributed by atoms with E-state index in [1.54, 1.807) is 0 Å². The number of nitrogens with one attached hydrogen (secondary N) is 1. The molecule has 0 aliphatic heterocycles. The highest BCUT2D eigenvalue weighted by molar-refractivity contribution is 6.06. The zero-order chi connectivity index (χ0) is 14.9. The zero-order valence-corrected chi connectivity index (χ0v) is 9.82. The van der Waals surface area contributed by atoms with Crippen LogP contribution in [-0.2, 0) is 0 Å². The van der Waals surface area contributed by atoms with Gasteiger partial charge in [0.1, 0.15) is 40.2 Å². The first-order chi connectivity index (χ1) is 9.40. The smallest absolute Gasteiger partial charge is 0.261 e. The Kier molecular flexibility index (Phi) is 3.51. The standard InChI is InChI=1S/C13H8F3NO3/c14-6-4-9(18)12(10(19)5-6)17-13(20)11-7(15)2-1-3-8(11)16/h1-5,18-19H,(H,17,20). The van der Waals surface area contributed by atoms with E-state index < -0.39 is 46.1 Å². The number of amides is 1. The van der Waals surface area contributed by atoms with E-state index in [2.05, 4.69) is 0 Å². The lowest BCUT2D eigenvalue weighted by atomic mass is 10.1. The molecule has 0 heterocycles. The molecule has 0 bridgehead atoms. The van der Waals surface area contributed by atoms with Crippen molar-refractivity contribution >= 4 is 11.6 Å². The molecule has 2 rings (SSSR count). The summed E-state index contributed by atoms with van der Waals surface area (Å²) in [5, 5.41) is 20.7. The number of benzene rings is 2. The first-order valence-corrected chi connectivity index (χ1v) is 5.37. The van der Waals surface area contributed by atoms with Crippen LogP contribution < -0.4 is 5.32 Å². The third-order valence-electron chi connectivity index (χ3n) is 2.49. The fourth-order valence-corrected chi connectivity index (χ4v) is 1.60. The molecule has 0 aromatic heterocycles. The van der Waals surface area contributed by atoms with Crippen molar-refractivity contribution in [1.82, 2.24) is 0 Å². The van der Waals surface area contributed by atoms with Crippen molar-refractivity contribution in [2.24, 2.45) is 0 Å². The van der Waals surface area contributed by atoms with Gasteiger partial charge in [-0.05, 0) is 12.1 Å². The van der Waals surface area contributed by atoms with E-state index in [4.69, 9.17) is 0 Å². The maximum absolute atomic E-state index is 13.4. The Morgan fingerprint density at radius 1 is 1.00 bits per heavy atom. The van der Waals surface area contributed by atoms with Crippen LogP contribution in [0, 0.1) is 17.5 Å². The van der Waals surface area contributed by atoms with E-state index in [9.17, 15) is 28.2 Å². The molecule has 0 fully saturated rings. The minimum atomic E-state index is -1.22. The van der Waals surface area contributed by atoms with E-state index >= 15 is 0 Å². The van der Waals surface area contributed by atoms with Gasteiger partial charge in [0, 0.05) is 12.1 Å². The van der Waals surface area contributed by atoms with Crippen LogP contribution in [0.3, 0.4) is 0 Å². The second kappa shape index (κ2) is 5.12. The van der Waals surface area contributed by atoms with Gasteiger partial charge in [-0.15, -0.1) is 0 Å². The van der Waals surface area contributed by atoms with Crippen molar-refractivity contribution in [3.05, 3.63) is 53.3 Å². The molecule has 7 heteroatoms.